The summed E-state index contributed by atoms with van der Waals surface area (Å²) >= 11 is 6.03. The van der Waals surface area contributed by atoms with Crippen molar-refractivity contribution in [2.75, 3.05) is 0 Å². The highest BCUT2D eigenvalue weighted by molar-refractivity contribution is 6.30. The monoisotopic (exact) mass is 343 g/mol. The highest BCUT2D eigenvalue weighted by atomic mass is 35.5. The van der Waals surface area contributed by atoms with E-state index in [1.54, 1.807) is 12.4 Å². The van der Waals surface area contributed by atoms with E-state index >= 15 is 0 Å². The lowest BCUT2D eigenvalue weighted by atomic mass is 9.83. The maximum atomic E-state index is 10.6. The third kappa shape index (κ3) is 4.59. The highest BCUT2D eigenvalue weighted by Gasteiger charge is 2.21. The van der Waals surface area contributed by atoms with Crippen LogP contribution >= 0.6 is 11.6 Å². The van der Waals surface area contributed by atoms with Gasteiger partial charge in [-0.3, -0.25) is 0 Å². The summed E-state index contributed by atoms with van der Waals surface area (Å²) in [5, 5.41) is 20.6. The third-order valence-electron chi connectivity index (χ3n) is 3.53. The quantitative estimate of drug-likeness (QED) is 0.644. The van der Waals surface area contributed by atoms with Crippen LogP contribution in [0, 0.1) is 6.92 Å². The lowest BCUT2D eigenvalue weighted by Gasteiger charge is -2.23. The van der Waals surface area contributed by atoms with Crippen LogP contribution in [0.15, 0.2) is 48.8 Å². The van der Waals surface area contributed by atoms with Gasteiger partial charge in [0, 0.05) is 16.1 Å². The van der Waals surface area contributed by atoms with Gasteiger partial charge in [-0.25, -0.2) is 0 Å². The number of rotatable bonds is 1. The average molecular weight is 344 g/mol. The molecule has 0 spiro atoms. The summed E-state index contributed by atoms with van der Waals surface area (Å²) in [4.78, 5) is 0. The second-order valence-electron chi connectivity index (χ2n) is 6.63. The predicted octanol–water partition coefficient (Wildman–Crippen LogP) is 5.12. The van der Waals surface area contributed by atoms with Crippen LogP contribution in [0.5, 0.6) is 5.75 Å². The Morgan fingerprint density at radius 3 is 2.21 bits per heavy atom. The van der Waals surface area contributed by atoms with Crippen molar-refractivity contribution in [2.45, 2.75) is 33.1 Å². The van der Waals surface area contributed by atoms with Crippen LogP contribution < -0.4 is 0 Å². The standard InChI is InChI=1S/C17H19ClO.C2H3N3/c1-11-8-14(12-6-5-7-13(18)10-12)16(19)15(9-11)17(2,3)4;1-2-4-5-3-1/h5-10,19H,1-4H3;1-2H,(H,3,4,5). The van der Waals surface area contributed by atoms with Crippen LogP contribution in [0.25, 0.3) is 11.1 Å². The fourth-order valence-electron chi connectivity index (χ4n) is 2.39. The Morgan fingerprint density at radius 2 is 1.71 bits per heavy atom. The molecule has 0 aliphatic heterocycles. The minimum Gasteiger partial charge on any atom is -0.507 e. The van der Waals surface area contributed by atoms with E-state index in [-0.39, 0.29) is 5.41 Å². The number of hydrogen-bond acceptors (Lipinski definition) is 3. The van der Waals surface area contributed by atoms with E-state index in [0.717, 1.165) is 22.3 Å². The minimum absolute atomic E-state index is 0.0938. The number of aromatic hydroxyl groups is 1. The van der Waals surface area contributed by atoms with Gasteiger partial charge in [0.15, 0.2) is 0 Å². The number of hydrogen-bond donors (Lipinski definition) is 2. The molecule has 2 N–H and O–H groups in total. The second kappa shape index (κ2) is 7.49. The molecule has 0 radical (unpaired) electrons. The first kappa shape index (κ1) is 18.0. The fraction of sp³-hybridized carbons (Fsp3) is 0.263. The van der Waals surface area contributed by atoms with Crippen LogP contribution in [0.3, 0.4) is 0 Å². The molecule has 0 saturated carbocycles. The number of benzene rings is 2. The van der Waals surface area contributed by atoms with Gasteiger partial charge in [0.05, 0.1) is 12.4 Å². The zero-order valence-electron chi connectivity index (χ0n) is 14.3. The van der Waals surface area contributed by atoms with Crippen LogP contribution in [-0.2, 0) is 5.41 Å². The van der Waals surface area contributed by atoms with E-state index in [1.807, 2.05) is 43.3 Å². The topological polar surface area (TPSA) is 61.8 Å². The van der Waals surface area contributed by atoms with Crippen molar-refractivity contribution in [3.63, 3.8) is 0 Å². The first-order valence-corrected chi connectivity index (χ1v) is 8.06. The van der Waals surface area contributed by atoms with Gasteiger partial charge < -0.3 is 5.11 Å². The number of nitrogens with one attached hydrogen (secondary N) is 1. The second-order valence-corrected chi connectivity index (χ2v) is 7.06. The SMILES string of the molecule is Cc1cc(-c2cccc(Cl)c2)c(O)c(C(C)(C)C)c1.c1cn[nH]n1. The molecular weight excluding hydrogens is 322 g/mol. The van der Waals surface area contributed by atoms with Crippen LogP contribution in [0.1, 0.15) is 31.9 Å². The normalized spacial score (nSPS) is 10.9. The number of phenols is 1. The lowest BCUT2D eigenvalue weighted by molar-refractivity contribution is 0.448. The molecule has 5 heteroatoms. The molecule has 0 saturated heterocycles. The fourth-order valence-corrected chi connectivity index (χ4v) is 2.58. The van der Waals surface area contributed by atoms with E-state index in [1.165, 1.54) is 0 Å². The van der Waals surface area contributed by atoms with E-state index < -0.39 is 0 Å². The van der Waals surface area contributed by atoms with Crippen molar-refractivity contribution in [3.8, 4) is 16.9 Å². The zero-order valence-corrected chi connectivity index (χ0v) is 15.1. The number of aromatic nitrogens is 3. The largest absolute Gasteiger partial charge is 0.507 e. The molecular formula is C19H22ClN3O. The minimum atomic E-state index is -0.0938. The molecule has 0 aliphatic carbocycles. The molecule has 1 aromatic heterocycles. The summed E-state index contributed by atoms with van der Waals surface area (Å²) in [6.45, 7) is 8.35. The first-order valence-electron chi connectivity index (χ1n) is 7.69. The Morgan fingerprint density at radius 1 is 1.04 bits per heavy atom. The van der Waals surface area contributed by atoms with Crippen molar-refractivity contribution >= 4 is 11.6 Å². The summed E-state index contributed by atoms with van der Waals surface area (Å²) in [6.07, 6.45) is 3.17. The number of H-pyrrole nitrogens is 1. The first-order chi connectivity index (χ1) is 11.3. The molecule has 1 heterocycles. The van der Waals surface area contributed by atoms with Crippen molar-refractivity contribution in [3.05, 3.63) is 64.9 Å². The Bertz CT molecular complexity index is 776. The summed E-state index contributed by atoms with van der Waals surface area (Å²) in [6, 6.07) is 11.6. The van der Waals surface area contributed by atoms with Gasteiger partial charge in [-0.05, 0) is 41.7 Å². The summed E-state index contributed by atoms with van der Waals surface area (Å²) in [5.41, 5.74) is 3.79. The Kier molecular flexibility index (Phi) is 5.62. The van der Waals surface area contributed by atoms with Gasteiger partial charge in [-0.15, -0.1) is 0 Å². The number of aromatic amines is 1. The number of phenolic OH excluding ortho intramolecular Hbond substituents is 1. The predicted molar refractivity (Wildman–Crippen MR) is 98.4 cm³/mol. The summed E-state index contributed by atoms with van der Waals surface area (Å²) in [7, 11) is 0. The number of nitrogens with zero attached hydrogens (tertiary/aromatic N) is 2. The Hall–Kier alpha value is -2.33. The molecule has 3 aromatic rings. The van der Waals surface area contributed by atoms with Crippen LogP contribution in [0.4, 0.5) is 0 Å². The van der Waals surface area contributed by atoms with Crippen molar-refractivity contribution in [2.24, 2.45) is 0 Å². The van der Waals surface area contributed by atoms with Crippen molar-refractivity contribution < 1.29 is 5.11 Å². The lowest BCUT2D eigenvalue weighted by Crippen LogP contribution is -2.12. The molecule has 0 amide bonds. The molecule has 0 aliphatic rings. The van der Waals surface area contributed by atoms with Crippen molar-refractivity contribution in [1.29, 1.82) is 0 Å². The van der Waals surface area contributed by atoms with Crippen LogP contribution in [0.2, 0.25) is 5.02 Å². The van der Waals surface area contributed by atoms with Crippen LogP contribution in [-0.4, -0.2) is 20.5 Å². The summed E-state index contributed by atoms with van der Waals surface area (Å²) in [5.74, 6) is 0.348. The molecule has 0 atom stereocenters. The maximum absolute atomic E-state index is 10.6. The van der Waals surface area contributed by atoms with Gasteiger partial charge >= 0.3 is 0 Å². The Labute approximate surface area is 147 Å². The number of halogens is 1. The molecule has 2 aromatic carbocycles. The van der Waals surface area contributed by atoms with Crippen molar-refractivity contribution in [1.82, 2.24) is 15.4 Å². The average Bonchev–Trinajstić information content (AvgIpc) is 3.07. The molecule has 0 bridgehead atoms. The van der Waals surface area contributed by atoms with Gasteiger partial charge in [0.25, 0.3) is 0 Å². The smallest absolute Gasteiger partial charge is 0.127 e. The molecule has 3 rings (SSSR count). The molecule has 24 heavy (non-hydrogen) atoms. The van der Waals surface area contributed by atoms with E-state index in [0.29, 0.717) is 10.8 Å². The highest BCUT2D eigenvalue weighted by Crippen LogP contribution is 2.39. The van der Waals surface area contributed by atoms with E-state index in [9.17, 15) is 5.11 Å². The van der Waals surface area contributed by atoms with E-state index in [4.69, 9.17) is 11.6 Å². The molecule has 4 nitrogen and oxygen atoms in total. The zero-order chi connectivity index (χ0) is 17.7. The maximum Gasteiger partial charge on any atom is 0.127 e. The third-order valence-corrected chi connectivity index (χ3v) is 3.76. The molecule has 0 unspecified atom stereocenters. The molecule has 0 fully saturated rings. The van der Waals surface area contributed by atoms with E-state index in [2.05, 4.69) is 36.2 Å². The molecule has 126 valence electrons. The Balaban J connectivity index is 0.000000355. The van der Waals surface area contributed by atoms with Gasteiger partial charge in [-0.1, -0.05) is 50.6 Å². The summed E-state index contributed by atoms with van der Waals surface area (Å²) < 4.78 is 0. The van der Waals surface area contributed by atoms with Gasteiger partial charge in [-0.2, -0.15) is 15.4 Å². The van der Waals surface area contributed by atoms with Gasteiger partial charge in [0.1, 0.15) is 5.75 Å². The number of aryl methyl sites for hydroxylation is 1. The van der Waals surface area contributed by atoms with Gasteiger partial charge in [0.2, 0.25) is 0 Å².